The third kappa shape index (κ3) is 3.03. The van der Waals surface area contributed by atoms with E-state index in [2.05, 4.69) is 30.0 Å². The van der Waals surface area contributed by atoms with Gasteiger partial charge >= 0.3 is 5.63 Å². The van der Waals surface area contributed by atoms with Gasteiger partial charge < -0.3 is 14.2 Å². The van der Waals surface area contributed by atoms with E-state index < -0.39 is 5.63 Å². The number of hydrogen-bond acceptors (Lipinski definition) is 4. The van der Waals surface area contributed by atoms with Gasteiger partial charge in [0.2, 0.25) is 0 Å². The van der Waals surface area contributed by atoms with Gasteiger partial charge in [0, 0.05) is 37.9 Å². The monoisotopic (exact) mass is 298 g/mol. The summed E-state index contributed by atoms with van der Waals surface area (Å²) in [4.78, 5) is 27.4. The van der Waals surface area contributed by atoms with Crippen molar-refractivity contribution in [1.82, 2.24) is 4.90 Å². The molecule has 0 unspecified atom stereocenters. The maximum Gasteiger partial charge on any atom is 0.335 e. The second-order valence-electron chi connectivity index (χ2n) is 5.46. The summed E-state index contributed by atoms with van der Waals surface area (Å²) in [5.41, 5.74) is 2.40. The largest absolute Gasteiger partial charge is 0.430 e. The van der Waals surface area contributed by atoms with Gasteiger partial charge in [-0.2, -0.15) is 0 Å². The van der Waals surface area contributed by atoms with Gasteiger partial charge in [-0.1, -0.05) is 12.1 Å². The molecule has 5 nitrogen and oxygen atoms in total. The fraction of sp³-hybridized carbons (Fsp3) is 0.294. The van der Waals surface area contributed by atoms with Crippen LogP contribution in [-0.4, -0.2) is 37.0 Å². The molecule has 1 aromatic carbocycles. The number of carbonyl (C=O) groups is 1. The molecular weight excluding hydrogens is 280 g/mol. The Bertz CT molecular complexity index is 710. The molecule has 0 aliphatic carbocycles. The molecule has 2 heterocycles. The number of aryl methyl sites for hydroxylation is 1. The predicted molar refractivity (Wildman–Crippen MR) is 84.3 cm³/mol. The van der Waals surface area contributed by atoms with Crippen molar-refractivity contribution in [2.75, 3.05) is 31.1 Å². The third-order valence-corrected chi connectivity index (χ3v) is 3.88. The number of piperazine rings is 1. The van der Waals surface area contributed by atoms with E-state index in [1.54, 1.807) is 4.90 Å². The van der Waals surface area contributed by atoms with Crippen LogP contribution in [0.3, 0.4) is 0 Å². The van der Waals surface area contributed by atoms with Crippen LogP contribution in [0, 0.1) is 6.92 Å². The Hall–Kier alpha value is -2.56. The average Bonchev–Trinajstić information content (AvgIpc) is 2.55. The Morgan fingerprint density at radius 1 is 1.09 bits per heavy atom. The third-order valence-electron chi connectivity index (χ3n) is 3.88. The summed E-state index contributed by atoms with van der Waals surface area (Å²) in [6.45, 7) is 4.99. The molecule has 2 aromatic rings. The van der Waals surface area contributed by atoms with Gasteiger partial charge in [0.25, 0.3) is 5.91 Å². The molecule has 114 valence electrons. The van der Waals surface area contributed by atoms with Gasteiger partial charge in [-0.25, -0.2) is 4.79 Å². The number of hydrogen-bond donors (Lipinski definition) is 0. The van der Waals surface area contributed by atoms with Crippen LogP contribution < -0.4 is 10.5 Å². The molecule has 1 aliphatic rings. The zero-order valence-corrected chi connectivity index (χ0v) is 12.5. The highest BCUT2D eigenvalue weighted by Crippen LogP contribution is 2.18. The van der Waals surface area contributed by atoms with E-state index in [0.717, 1.165) is 13.1 Å². The molecule has 1 aromatic heterocycles. The number of rotatable bonds is 2. The van der Waals surface area contributed by atoms with Crippen LogP contribution in [0.25, 0.3) is 0 Å². The molecule has 3 rings (SSSR count). The Kier molecular flexibility index (Phi) is 3.96. The molecule has 0 bridgehead atoms. The highest BCUT2D eigenvalue weighted by Gasteiger charge is 2.22. The summed E-state index contributed by atoms with van der Waals surface area (Å²) in [7, 11) is 0. The molecular formula is C17H18N2O3. The number of carbonyl (C=O) groups excluding carboxylic acids is 1. The van der Waals surface area contributed by atoms with Gasteiger partial charge in [0.05, 0.1) is 5.56 Å². The molecule has 0 saturated carbocycles. The number of anilines is 1. The molecule has 22 heavy (non-hydrogen) atoms. The van der Waals surface area contributed by atoms with Gasteiger partial charge in [-0.05, 0) is 30.7 Å². The predicted octanol–water partition coefficient (Wildman–Crippen LogP) is 1.91. The Balaban J connectivity index is 1.65. The molecule has 1 aliphatic heterocycles. The van der Waals surface area contributed by atoms with Crippen molar-refractivity contribution >= 4 is 11.6 Å². The fourth-order valence-corrected chi connectivity index (χ4v) is 2.65. The summed E-state index contributed by atoms with van der Waals surface area (Å²) >= 11 is 0. The summed E-state index contributed by atoms with van der Waals surface area (Å²) in [6, 6.07) is 11.2. The van der Waals surface area contributed by atoms with Crippen LogP contribution in [0.2, 0.25) is 0 Å². The van der Waals surface area contributed by atoms with Gasteiger partial charge in [0.15, 0.2) is 0 Å². The van der Waals surface area contributed by atoms with Crippen molar-refractivity contribution in [3.63, 3.8) is 0 Å². The zero-order chi connectivity index (χ0) is 15.5. The summed E-state index contributed by atoms with van der Waals surface area (Å²) in [5, 5.41) is 0. The Morgan fingerprint density at radius 2 is 1.86 bits per heavy atom. The standard InChI is InChI=1S/C17H18N2O3/c1-13-3-2-4-15(11-13)18-7-9-19(10-8-18)17(21)14-5-6-16(20)22-12-14/h2-6,11-12H,7-10H2,1H3. The quantitative estimate of drug-likeness (QED) is 0.850. The Morgan fingerprint density at radius 3 is 2.50 bits per heavy atom. The number of benzene rings is 1. The van der Waals surface area contributed by atoms with Crippen LogP contribution in [0.4, 0.5) is 5.69 Å². The highest BCUT2D eigenvalue weighted by molar-refractivity contribution is 5.93. The number of amides is 1. The summed E-state index contributed by atoms with van der Waals surface area (Å²) in [6.07, 6.45) is 1.23. The normalized spacial score (nSPS) is 15.0. The topological polar surface area (TPSA) is 53.8 Å². The van der Waals surface area contributed by atoms with Crippen molar-refractivity contribution in [2.24, 2.45) is 0 Å². The minimum Gasteiger partial charge on any atom is -0.430 e. The highest BCUT2D eigenvalue weighted by atomic mass is 16.4. The van der Waals surface area contributed by atoms with E-state index in [-0.39, 0.29) is 5.91 Å². The SMILES string of the molecule is Cc1cccc(N2CCN(C(=O)c3ccc(=O)oc3)CC2)c1. The van der Waals surface area contributed by atoms with Crippen LogP contribution in [0.5, 0.6) is 0 Å². The van der Waals surface area contributed by atoms with E-state index in [1.807, 2.05) is 6.07 Å². The van der Waals surface area contributed by atoms with Gasteiger partial charge in [-0.15, -0.1) is 0 Å². The smallest absolute Gasteiger partial charge is 0.335 e. The maximum atomic E-state index is 12.4. The lowest BCUT2D eigenvalue weighted by Crippen LogP contribution is -2.48. The van der Waals surface area contributed by atoms with E-state index in [9.17, 15) is 9.59 Å². The average molecular weight is 298 g/mol. The van der Waals surface area contributed by atoms with Crippen LogP contribution in [0.1, 0.15) is 15.9 Å². The minimum absolute atomic E-state index is 0.0901. The van der Waals surface area contributed by atoms with Crippen molar-refractivity contribution in [3.8, 4) is 0 Å². The first-order valence-corrected chi connectivity index (χ1v) is 7.33. The molecule has 0 atom stereocenters. The molecule has 0 radical (unpaired) electrons. The lowest BCUT2D eigenvalue weighted by atomic mass is 10.2. The first kappa shape index (κ1) is 14.4. The summed E-state index contributed by atoms with van der Waals surface area (Å²) < 4.78 is 4.76. The minimum atomic E-state index is -0.444. The second kappa shape index (κ2) is 6.05. The van der Waals surface area contributed by atoms with E-state index in [4.69, 9.17) is 4.42 Å². The van der Waals surface area contributed by atoms with Gasteiger partial charge in [-0.3, -0.25) is 4.79 Å². The zero-order valence-electron chi connectivity index (χ0n) is 12.5. The summed E-state index contributed by atoms with van der Waals surface area (Å²) in [5.74, 6) is -0.0901. The molecule has 0 N–H and O–H groups in total. The van der Waals surface area contributed by atoms with E-state index >= 15 is 0 Å². The van der Waals surface area contributed by atoms with Crippen molar-refractivity contribution in [3.05, 3.63) is 64.2 Å². The van der Waals surface area contributed by atoms with Crippen molar-refractivity contribution < 1.29 is 9.21 Å². The van der Waals surface area contributed by atoms with Crippen molar-refractivity contribution in [2.45, 2.75) is 6.92 Å². The molecule has 5 heteroatoms. The fourth-order valence-electron chi connectivity index (χ4n) is 2.65. The Labute approximate surface area is 128 Å². The second-order valence-corrected chi connectivity index (χ2v) is 5.46. The lowest BCUT2D eigenvalue weighted by Gasteiger charge is -2.36. The van der Waals surface area contributed by atoms with Crippen LogP contribution >= 0.6 is 0 Å². The lowest BCUT2D eigenvalue weighted by molar-refractivity contribution is 0.0744. The first-order chi connectivity index (χ1) is 10.6. The maximum absolute atomic E-state index is 12.4. The molecule has 1 saturated heterocycles. The van der Waals surface area contributed by atoms with Crippen LogP contribution in [0.15, 0.2) is 51.9 Å². The van der Waals surface area contributed by atoms with E-state index in [0.29, 0.717) is 18.7 Å². The van der Waals surface area contributed by atoms with Crippen molar-refractivity contribution in [1.29, 1.82) is 0 Å². The molecule has 1 amide bonds. The van der Waals surface area contributed by atoms with Crippen LogP contribution in [-0.2, 0) is 0 Å². The molecule has 0 spiro atoms. The number of nitrogens with zero attached hydrogens (tertiary/aromatic N) is 2. The first-order valence-electron chi connectivity index (χ1n) is 7.33. The van der Waals surface area contributed by atoms with Gasteiger partial charge in [0.1, 0.15) is 6.26 Å². The van der Waals surface area contributed by atoms with E-state index in [1.165, 1.54) is 29.6 Å². The molecule has 1 fully saturated rings.